The number of benzene rings is 1. The van der Waals surface area contributed by atoms with Gasteiger partial charge in [0.15, 0.2) is 5.43 Å². The summed E-state index contributed by atoms with van der Waals surface area (Å²) in [5.74, 6) is 0.193. The van der Waals surface area contributed by atoms with Crippen LogP contribution in [-0.2, 0) is 22.6 Å². The molecule has 28 heavy (non-hydrogen) atoms. The molecule has 0 saturated carbocycles. The van der Waals surface area contributed by atoms with Crippen molar-refractivity contribution in [1.82, 2.24) is 14.4 Å². The zero-order valence-electron chi connectivity index (χ0n) is 15.9. The summed E-state index contributed by atoms with van der Waals surface area (Å²) in [4.78, 5) is 40.7. The highest BCUT2D eigenvalue weighted by atomic mass is 16.2. The average molecular weight is 379 g/mol. The quantitative estimate of drug-likeness (QED) is 0.792. The van der Waals surface area contributed by atoms with Crippen molar-refractivity contribution in [3.05, 3.63) is 70.6 Å². The maximum absolute atomic E-state index is 13.1. The van der Waals surface area contributed by atoms with Gasteiger partial charge in [-0.25, -0.2) is 0 Å². The molecule has 2 aliphatic heterocycles. The Morgan fingerprint density at radius 1 is 0.964 bits per heavy atom. The van der Waals surface area contributed by atoms with Gasteiger partial charge >= 0.3 is 0 Å². The van der Waals surface area contributed by atoms with Gasteiger partial charge < -0.3 is 14.4 Å². The fraction of sp³-hybridized carbons (Fsp3) is 0.409. The lowest BCUT2D eigenvalue weighted by atomic mass is 9.85. The topological polar surface area (TPSA) is 62.6 Å². The Morgan fingerprint density at radius 2 is 1.68 bits per heavy atom. The van der Waals surface area contributed by atoms with Gasteiger partial charge in [0.1, 0.15) is 6.54 Å². The van der Waals surface area contributed by atoms with E-state index in [4.69, 9.17) is 0 Å². The number of nitrogens with zero attached hydrogens (tertiary/aromatic N) is 3. The fourth-order valence-corrected chi connectivity index (χ4v) is 4.28. The zero-order chi connectivity index (χ0) is 19.6. The number of aromatic nitrogens is 1. The van der Waals surface area contributed by atoms with Gasteiger partial charge in [-0.15, -0.1) is 0 Å². The number of likely N-dealkylation sites (tertiary alicyclic amines) is 2. The molecule has 1 aromatic carbocycles. The van der Waals surface area contributed by atoms with Crippen molar-refractivity contribution in [1.29, 1.82) is 0 Å². The number of amides is 2. The Kier molecular flexibility index (Phi) is 5.03. The molecule has 2 aliphatic rings. The molecule has 0 N–H and O–H groups in total. The van der Waals surface area contributed by atoms with Crippen LogP contribution in [0.15, 0.2) is 59.7 Å². The average Bonchev–Trinajstić information content (AvgIpc) is 3.28. The smallest absolute Gasteiger partial charge is 0.242 e. The Labute approximate surface area is 164 Å². The summed E-state index contributed by atoms with van der Waals surface area (Å²) in [6.07, 6.45) is 5.67. The van der Waals surface area contributed by atoms with Gasteiger partial charge in [0.2, 0.25) is 11.8 Å². The van der Waals surface area contributed by atoms with Crippen molar-refractivity contribution in [3.63, 3.8) is 0 Å². The molecule has 2 aromatic rings. The molecular formula is C22H25N3O3. The second-order valence-corrected chi connectivity index (χ2v) is 7.83. The highest BCUT2D eigenvalue weighted by molar-refractivity contribution is 5.87. The molecule has 6 heteroatoms. The highest BCUT2D eigenvalue weighted by Crippen LogP contribution is 2.40. The van der Waals surface area contributed by atoms with Gasteiger partial charge in [-0.05, 0) is 24.8 Å². The van der Waals surface area contributed by atoms with Crippen molar-refractivity contribution in [3.8, 4) is 0 Å². The minimum absolute atomic E-state index is 0.00365. The largest absolute Gasteiger partial charge is 0.345 e. The number of pyridine rings is 1. The van der Waals surface area contributed by atoms with Crippen molar-refractivity contribution >= 4 is 11.8 Å². The Morgan fingerprint density at radius 3 is 2.43 bits per heavy atom. The van der Waals surface area contributed by atoms with Crippen LogP contribution in [0.25, 0.3) is 0 Å². The predicted molar refractivity (Wildman–Crippen MR) is 106 cm³/mol. The monoisotopic (exact) mass is 379 g/mol. The normalized spacial score (nSPS) is 21.6. The summed E-state index contributed by atoms with van der Waals surface area (Å²) >= 11 is 0. The third kappa shape index (κ3) is 3.72. The predicted octanol–water partition coefficient (Wildman–Crippen LogP) is 1.54. The highest BCUT2D eigenvalue weighted by Gasteiger charge is 2.51. The van der Waals surface area contributed by atoms with Gasteiger partial charge in [-0.3, -0.25) is 14.4 Å². The molecule has 6 nitrogen and oxygen atoms in total. The lowest BCUT2D eigenvalue weighted by Gasteiger charge is -2.24. The summed E-state index contributed by atoms with van der Waals surface area (Å²) in [5.41, 5.74) is 0.757. The van der Waals surface area contributed by atoms with E-state index in [0.717, 1.165) is 32.4 Å². The van der Waals surface area contributed by atoms with Crippen molar-refractivity contribution in [2.75, 3.05) is 26.2 Å². The van der Waals surface area contributed by atoms with Crippen LogP contribution < -0.4 is 5.43 Å². The lowest BCUT2D eigenvalue weighted by Crippen LogP contribution is -2.39. The van der Waals surface area contributed by atoms with Crippen molar-refractivity contribution < 1.29 is 9.59 Å². The Bertz CT molecular complexity index is 904. The summed E-state index contributed by atoms with van der Waals surface area (Å²) < 4.78 is 1.71. The fourth-order valence-electron chi connectivity index (χ4n) is 4.28. The minimum Gasteiger partial charge on any atom is -0.345 e. The van der Waals surface area contributed by atoms with E-state index < -0.39 is 5.41 Å². The van der Waals surface area contributed by atoms with Crippen molar-refractivity contribution in [2.45, 2.75) is 25.8 Å². The molecule has 2 amide bonds. The second-order valence-electron chi connectivity index (χ2n) is 7.83. The zero-order valence-corrected chi connectivity index (χ0v) is 15.9. The van der Waals surface area contributed by atoms with Crippen molar-refractivity contribution in [2.24, 2.45) is 5.41 Å². The molecule has 0 radical (unpaired) electrons. The third-order valence-corrected chi connectivity index (χ3v) is 6.00. The molecule has 1 aromatic heterocycles. The number of rotatable bonds is 5. The number of hydrogen-bond donors (Lipinski definition) is 0. The summed E-state index contributed by atoms with van der Waals surface area (Å²) in [7, 11) is 0. The maximum Gasteiger partial charge on any atom is 0.242 e. The minimum atomic E-state index is -0.407. The van der Waals surface area contributed by atoms with E-state index in [1.165, 1.54) is 17.7 Å². The van der Waals surface area contributed by atoms with Crippen LogP contribution in [0.5, 0.6) is 0 Å². The van der Waals surface area contributed by atoms with Crippen LogP contribution in [0.3, 0.4) is 0 Å². The molecule has 0 bridgehead atoms. The number of carbonyl (C=O) groups is 2. The van der Waals surface area contributed by atoms with Gasteiger partial charge in [-0.2, -0.15) is 0 Å². The van der Waals surface area contributed by atoms with Gasteiger partial charge in [0, 0.05) is 50.7 Å². The molecule has 146 valence electrons. The first kappa shape index (κ1) is 18.5. The Hall–Kier alpha value is -2.89. The molecule has 1 spiro atoms. The summed E-state index contributed by atoms with van der Waals surface area (Å²) in [5, 5.41) is 0. The van der Waals surface area contributed by atoms with E-state index >= 15 is 0 Å². The van der Waals surface area contributed by atoms with E-state index in [1.807, 2.05) is 23.1 Å². The molecule has 3 heterocycles. The summed E-state index contributed by atoms with van der Waals surface area (Å²) in [6, 6.07) is 13.1. The first-order valence-corrected chi connectivity index (χ1v) is 9.83. The molecule has 2 saturated heterocycles. The van der Waals surface area contributed by atoms with E-state index in [-0.39, 0.29) is 23.8 Å². The van der Waals surface area contributed by atoms with Crippen LogP contribution in [-0.4, -0.2) is 52.4 Å². The molecule has 1 atom stereocenters. The molecule has 0 aliphatic carbocycles. The molecule has 4 rings (SSSR count). The van der Waals surface area contributed by atoms with E-state index in [9.17, 15) is 14.4 Å². The van der Waals surface area contributed by atoms with Crippen LogP contribution >= 0.6 is 0 Å². The van der Waals surface area contributed by atoms with E-state index in [2.05, 4.69) is 12.1 Å². The Balaban J connectivity index is 1.34. The first-order chi connectivity index (χ1) is 13.6. The van der Waals surface area contributed by atoms with Gasteiger partial charge in [-0.1, -0.05) is 30.3 Å². The van der Waals surface area contributed by atoms with Crippen LogP contribution in [0.2, 0.25) is 0 Å². The lowest BCUT2D eigenvalue weighted by molar-refractivity contribution is -0.136. The second kappa shape index (κ2) is 7.62. The van der Waals surface area contributed by atoms with Gasteiger partial charge in [0.05, 0.1) is 5.41 Å². The van der Waals surface area contributed by atoms with E-state index in [1.54, 1.807) is 21.9 Å². The van der Waals surface area contributed by atoms with Gasteiger partial charge in [0.25, 0.3) is 0 Å². The molecule has 2 fully saturated rings. The third-order valence-electron chi connectivity index (χ3n) is 6.00. The van der Waals surface area contributed by atoms with Crippen LogP contribution in [0, 0.1) is 5.41 Å². The molecule has 1 unspecified atom stereocenters. The number of hydrogen-bond acceptors (Lipinski definition) is 3. The van der Waals surface area contributed by atoms with E-state index in [0.29, 0.717) is 13.1 Å². The number of carbonyl (C=O) groups excluding carboxylic acids is 2. The van der Waals surface area contributed by atoms with Crippen LogP contribution in [0.4, 0.5) is 0 Å². The standard InChI is InChI=1S/C22H25N3O3/c26-19-7-11-23(12-8-19)16-20(27)25-15-10-22(17-25)9-14-24(21(22)28)13-6-18-4-2-1-3-5-18/h1-5,7-8,11-12H,6,9-10,13-17H2. The first-order valence-electron chi connectivity index (χ1n) is 9.83. The SMILES string of the molecule is O=C(Cn1ccc(=O)cc1)N1CCC2(CCN(CCc3ccccc3)C2=O)C1. The molecular weight excluding hydrogens is 354 g/mol. The van der Waals surface area contributed by atoms with Crippen LogP contribution in [0.1, 0.15) is 18.4 Å². The maximum atomic E-state index is 13.1. The summed E-state index contributed by atoms with van der Waals surface area (Å²) in [6.45, 7) is 2.83.